The molecule has 0 aliphatic rings. The molecule has 0 aliphatic heterocycles. The standard InChI is InChI=1S/C16H16N2OS/c17-16-15(14-10-5-11-20-14)13(18-19-16)9-4-8-12-6-2-1-3-7-12/h1-3,5-7,10-11H,4,8-9,17H2. The molecule has 3 nitrogen and oxygen atoms in total. The van der Waals surface area contributed by atoms with Crippen molar-refractivity contribution in [2.24, 2.45) is 0 Å². The molecule has 1 aromatic carbocycles. The highest BCUT2D eigenvalue weighted by Crippen LogP contribution is 2.33. The molecule has 0 amide bonds. The second-order valence-corrected chi connectivity index (χ2v) is 5.63. The molecule has 2 heterocycles. The largest absolute Gasteiger partial charge is 0.367 e. The van der Waals surface area contributed by atoms with Gasteiger partial charge in [-0.05, 0) is 36.3 Å². The molecule has 0 radical (unpaired) electrons. The van der Waals surface area contributed by atoms with Crippen LogP contribution in [-0.4, -0.2) is 5.16 Å². The van der Waals surface area contributed by atoms with Crippen LogP contribution < -0.4 is 5.73 Å². The first-order chi connectivity index (χ1) is 9.84. The maximum atomic E-state index is 5.89. The van der Waals surface area contributed by atoms with E-state index in [-0.39, 0.29) is 0 Å². The molecule has 0 spiro atoms. The fourth-order valence-electron chi connectivity index (χ4n) is 2.30. The van der Waals surface area contributed by atoms with Gasteiger partial charge in [0.15, 0.2) is 0 Å². The molecule has 4 heteroatoms. The Bertz CT molecular complexity index is 659. The van der Waals surface area contributed by atoms with Crippen LogP contribution in [0.2, 0.25) is 0 Å². The Morgan fingerprint density at radius 1 is 1.05 bits per heavy atom. The summed E-state index contributed by atoms with van der Waals surface area (Å²) in [6.45, 7) is 0. The summed E-state index contributed by atoms with van der Waals surface area (Å²) >= 11 is 1.66. The zero-order valence-corrected chi connectivity index (χ0v) is 11.9. The summed E-state index contributed by atoms with van der Waals surface area (Å²) in [5.74, 6) is 0.419. The topological polar surface area (TPSA) is 52.0 Å². The van der Waals surface area contributed by atoms with Gasteiger partial charge in [-0.15, -0.1) is 11.3 Å². The maximum Gasteiger partial charge on any atom is 0.231 e. The number of thiophene rings is 1. The second kappa shape index (κ2) is 5.92. The average molecular weight is 284 g/mol. The number of aromatic nitrogens is 1. The van der Waals surface area contributed by atoms with Crippen molar-refractivity contribution in [2.45, 2.75) is 19.3 Å². The summed E-state index contributed by atoms with van der Waals surface area (Å²) in [6, 6.07) is 14.5. The zero-order chi connectivity index (χ0) is 13.8. The highest BCUT2D eigenvalue weighted by atomic mass is 32.1. The quantitative estimate of drug-likeness (QED) is 0.765. The molecule has 0 saturated carbocycles. The molecule has 0 unspecified atom stereocenters. The van der Waals surface area contributed by atoms with E-state index >= 15 is 0 Å². The third-order valence-electron chi connectivity index (χ3n) is 3.28. The molecule has 0 bridgehead atoms. The van der Waals surface area contributed by atoms with Crippen LogP contribution in [0.5, 0.6) is 0 Å². The Balaban J connectivity index is 1.70. The molecule has 0 aliphatic carbocycles. The van der Waals surface area contributed by atoms with E-state index in [1.165, 1.54) is 5.56 Å². The van der Waals surface area contributed by atoms with Crippen molar-refractivity contribution in [1.29, 1.82) is 0 Å². The number of aryl methyl sites for hydroxylation is 2. The summed E-state index contributed by atoms with van der Waals surface area (Å²) in [5, 5.41) is 6.15. The lowest BCUT2D eigenvalue weighted by Gasteiger charge is -2.01. The van der Waals surface area contributed by atoms with Crippen LogP contribution in [0.3, 0.4) is 0 Å². The number of rotatable bonds is 5. The third kappa shape index (κ3) is 2.75. The Morgan fingerprint density at radius 2 is 1.90 bits per heavy atom. The van der Waals surface area contributed by atoms with E-state index in [4.69, 9.17) is 10.3 Å². The Hall–Kier alpha value is -2.07. The number of anilines is 1. The minimum absolute atomic E-state index is 0.419. The van der Waals surface area contributed by atoms with Crippen molar-refractivity contribution in [3.63, 3.8) is 0 Å². The lowest BCUT2D eigenvalue weighted by molar-refractivity contribution is 0.426. The molecule has 0 fully saturated rings. The van der Waals surface area contributed by atoms with Crippen molar-refractivity contribution in [2.75, 3.05) is 5.73 Å². The fourth-order valence-corrected chi connectivity index (χ4v) is 3.09. The van der Waals surface area contributed by atoms with Gasteiger partial charge in [0, 0.05) is 4.88 Å². The van der Waals surface area contributed by atoms with Crippen LogP contribution in [0, 0.1) is 0 Å². The Labute approximate surface area is 122 Å². The molecule has 3 aromatic rings. The smallest absolute Gasteiger partial charge is 0.231 e. The Kier molecular flexibility index (Phi) is 3.83. The van der Waals surface area contributed by atoms with Crippen LogP contribution in [0.4, 0.5) is 5.88 Å². The van der Waals surface area contributed by atoms with Gasteiger partial charge in [-0.3, -0.25) is 0 Å². The van der Waals surface area contributed by atoms with Crippen molar-refractivity contribution in [1.82, 2.24) is 5.16 Å². The monoisotopic (exact) mass is 284 g/mol. The van der Waals surface area contributed by atoms with Gasteiger partial charge in [0.1, 0.15) is 0 Å². The van der Waals surface area contributed by atoms with Crippen LogP contribution in [0.25, 0.3) is 10.4 Å². The molecule has 2 N–H and O–H groups in total. The van der Waals surface area contributed by atoms with Gasteiger partial charge in [0.25, 0.3) is 0 Å². The molecule has 0 atom stereocenters. The lowest BCUT2D eigenvalue weighted by atomic mass is 10.0. The SMILES string of the molecule is Nc1onc(CCCc2ccccc2)c1-c1cccs1. The van der Waals surface area contributed by atoms with Gasteiger partial charge in [0.05, 0.1) is 11.3 Å². The minimum atomic E-state index is 0.419. The molecule has 102 valence electrons. The summed E-state index contributed by atoms with van der Waals surface area (Å²) in [5.41, 5.74) is 9.17. The summed E-state index contributed by atoms with van der Waals surface area (Å²) in [6.07, 6.45) is 2.95. The van der Waals surface area contributed by atoms with Crippen LogP contribution in [-0.2, 0) is 12.8 Å². The number of nitrogens with zero attached hydrogens (tertiary/aromatic N) is 1. The highest BCUT2D eigenvalue weighted by Gasteiger charge is 2.16. The van der Waals surface area contributed by atoms with E-state index in [0.29, 0.717) is 5.88 Å². The number of nitrogen functional groups attached to an aromatic ring is 1. The lowest BCUT2D eigenvalue weighted by Crippen LogP contribution is -1.93. The third-order valence-corrected chi connectivity index (χ3v) is 4.17. The number of benzene rings is 1. The van der Waals surface area contributed by atoms with Gasteiger partial charge in [-0.2, -0.15) is 0 Å². The first-order valence-electron chi connectivity index (χ1n) is 6.66. The minimum Gasteiger partial charge on any atom is -0.367 e. The number of hydrogen-bond acceptors (Lipinski definition) is 4. The zero-order valence-electron chi connectivity index (χ0n) is 11.1. The number of nitrogens with two attached hydrogens (primary N) is 1. The van der Waals surface area contributed by atoms with Crippen molar-refractivity contribution in [3.8, 4) is 10.4 Å². The van der Waals surface area contributed by atoms with Gasteiger partial charge in [-0.25, -0.2) is 0 Å². The van der Waals surface area contributed by atoms with Crippen LogP contribution in [0.15, 0.2) is 52.4 Å². The maximum absolute atomic E-state index is 5.89. The van der Waals surface area contributed by atoms with Crippen molar-refractivity contribution >= 4 is 17.2 Å². The first kappa shape index (κ1) is 12.9. The second-order valence-electron chi connectivity index (χ2n) is 4.68. The summed E-state index contributed by atoms with van der Waals surface area (Å²) in [7, 11) is 0. The molecule has 3 rings (SSSR count). The molecule has 0 saturated heterocycles. The van der Waals surface area contributed by atoms with E-state index in [2.05, 4.69) is 29.4 Å². The van der Waals surface area contributed by atoms with Gasteiger partial charge >= 0.3 is 0 Å². The van der Waals surface area contributed by atoms with E-state index in [1.54, 1.807) is 11.3 Å². The predicted molar refractivity (Wildman–Crippen MR) is 82.7 cm³/mol. The Morgan fingerprint density at radius 3 is 2.65 bits per heavy atom. The highest BCUT2D eigenvalue weighted by molar-refractivity contribution is 7.13. The number of hydrogen-bond donors (Lipinski definition) is 1. The van der Waals surface area contributed by atoms with Crippen molar-refractivity contribution in [3.05, 3.63) is 59.1 Å². The van der Waals surface area contributed by atoms with Crippen LogP contribution in [0.1, 0.15) is 17.7 Å². The van der Waals surface area contributed by atoms with Gasteiger partial charge in [0.2, 0.25) is 5.88 Å². The molecule has 20 heavy (non-hydrogen) atoms. The summed E-state index contributed by atoms with van der Waals surface area (Å²) < 4.78 is 5.16. The molecular weight excluding hydrogens is 268 g/mol. The fraction of sp³-hybridized carbons (Fsp3) is 0.188. The van der Waals surface area contributed by atoms with E-state index < -0.39 is 0 Å². The van der Waals surface area contributed by atoms with Crippen LogP contribution >= 0.6 is 11.3 Å². The predicted octanol–water partition coefficient (Wildman–Crippen LogP) is 4.16. The molecule has 2 aromatic heterocycles. The van der Waals surface area contributed by atoms with E-state index in [1.807, 2.05) is 23.6 Å². The normalized spacial score (nSPS) is 10.8. The average Bonchev–Trinajstić information content (AvgIpc) is 3.10. The molecular formula is C16H16N2OS. The van der Waals surface area contributed by atoms with Gasteiger partial charge < -0.3 is 10.3 Å². The van der Waals surface area contributed by atoms with E-state index in [0.717, 1.165) is 35.4 Å². The summed E-state index contributed by atoms with van der Waals surface area (Å²) in [4.78, 5) is 1.12. The van der Waals surface area contributed by atoms with Gasteiger partial charge in [-0.1, -0.05) is 41.6 Å². The van der Waals surface area contributed by atoms with E-state index in [9.17, 15) is 0 Å². The van der Waals surface area contributed by atoms with Crippen molar-refractivity contribution < 1.29 is 4.52 Å². The first-order valence-corrected chi connectivity index (χ1v) is 7.54.